The van der Waals surface area contributed by atoms with Crippen LogP contribution in [-0.4, -0.2) is 37.4 Å². The fourth-order valence-electron chi connectivity index (χ4n) is 1.88. The molecule has 0 aliphatic rings. The highest BCUT2D eigenvalue weighted by molar-refractivity contribution is 6.39. The summed E-state index contributed by atoms with van der Waals surface area (Å²) in [5.74, 6) is -0.983. The molecule has 2 rings (SSSR count). The van der Waals surface area contributed by atoms with Crippen molar-refractivity contribution >= 4 is 23.7 Å². The number of methoxy groups -OCH3 is 2. The van der Waals surface area contributed by atoms with Crippen LogP contribution in [0.15, 0.2) is 47.6 Å². The third-order valence-electron chi connectivity index (χ3n) is 3.12. The summed E-state index contributed by atoms with van der Waals surface area (Å²) >= 11 is 0. The van der Waals surface area contributed by atoms with Crippen molar-refractivity contribution < 1.29 is 24.2 Å². The summed E-state index contributed by atoms with van der Waals surface area (Å²) in [5.41, 5.74) is 3.11. The van der Waals surface area contributed by atoms with Crippen molar-refractivity contribution in [3.05, 3.63) is 48.0 Å². The first-order chi connectivity index (χ1) is 12.0. The lowest BCUT2D eigenvalue weighted by atomic mass is 10.2. The van der Waals surface area contributed by atoms with Crippen molar-refractivity contribution in [2.24, 2.45) is 5.10 Å². The molecule has 130 valence electrons. The lowest BCUT2D eigenvalue weighted by Gasteiger charge is -2.06. The summed E-state index contributed by atoms with van der Waals surface area (Å²) in [6.07, 6.45) is 1.32. The molecule has 0 fully saturated rings. The average molecular weight is 343 g/mol. The Balaban J connectivity index is 1.93. The first-order valence-electron chi connectivity index (χ1n) is 7.19. The van der Waals surface area contributed by atoms with Crippen LogP contribution in [0.3, 0.4) is 0 Å². The number of ether oxygens (including phenoxy) is 2. The third kappa shape index (κ3) is 4.96. The van der Waals surface area contributed by atoms with Gasteiger partial charge in [-0.15, -0.1) is 0 Å². The lowest BCUT2D eigenvalue weighted by Crippen LogP contribution is -2.32. The number of benzene rings is 2. The van der Waals surface area contributed by atoms with Gasteiger partial charge in [-0.1, -0.05) is 6.07 Å². The predicted molar refractivity (Wildman–Crippen MR) is 92.0 cm³/mol. The number of hydrogen-bond donors (Lipinski definition) is 3. The summed E-state index contributed by atoms with van der Waals surface area (Å²) in [6.45, 7) is 0. The highest BCUT2D eigenvalue weighted by atomic mass is 16.5. The van der Waals surface area contributed by atoms with E-state index in [2.05, 4.69) is 15.8 Å². The van der Waals surface area contributed by atoms with E-state index in [0.29, 0.717) is 17.0 Å². The Bertz CT molecular complexity index is 805. The Morgan fingerprint density at radius 2 is 1.88 bits per heavy atom. The van der Waals surface area contributed by atoms with Gasteiger partial charge in [0.25, 0.3) is 0 Å². The Hall–Kier alpha value is -3.55. The van der Waals surface area contributed by atoms with Gasteiger partial charge in [0.2, 0.25) is 0 Å². The molecule has 0 heterocycles. The SMILES string of the molecule is COc1cccc(NC(=O)C(=O)NN=Cc2ccc(O)c(OC)c2)c1. The van der Waals surface area contributed by atoms with Crippen molar-refractivity contribution in [3.8, 4) is 17.2 Å². The van der Waals surface area contributed by atoms with Crippen LogP contribution in [-0.2, 0) is 9.59 Å². The summed E-state index contributed by atoms with van der Waals surface area (Å²) in [6, 6.07) is 11.1. The monoisotopic (exact) mass is 343 g/mol. The number of anilines is 1. The number of carbonyl (C=O) groups excluding carboxylic acids is 2. The normalized spacial score (nSPS) is 10.3. The van der Waals surface area contributed by atoms with E-state index in [1.807, 2.05) is 0 Å². The number of nitrogens with zero attached hydrogens (tertiary/aromatic N) is 1. The zero-order chi connectivity index (χ0) is 18.2. The minimum atomic E-state index is -0.926. The molecule has 0 aliphatic heterocycles. The lowest BCUT2D eigenvalue weighted by molar-refractivity contribution is -0.136. The third-order valence-corrected chi connectivity index (χ3v) is 3.12. The Kier molecular flexibility index (Phi) is 5.94. The van der Waals surface area contributed by atoms with Gasteiger partial charge in [0.15, 0.2) is 11.5 Å². The zero-order valence-electron chi connectivity index (χ0n) is 13.6. The van der Waals surface area contributed by atoms with Gasteiger partial charge < -0.3 is 19.9 Å². The molecule has 0 bridgehead atoms. The van der Waals surface area contributed by atoms with E-state index >= 15 is 0 Å². The van der Waals surface area contributed by atoms with Crippen molar-refractivity contribution in [3.63, 3.8) is 0 Å². The summed E-state index contributed by atoms with van der Waals surface area (Å²) < 4.78 is 10.00. The second kappa shape index (κ2) is 8.34. The largest absolute Gasteiger partial charge is 0.504 e. The second-order valence-electron chi connectivity index (χ2n) is 4.82. The summed E-state index contributed by atoms with van der Waals surface area (Å²) in [7, 11) is 2.92. The van der Waals surface area contributed by atoms with Gasteiger partial charge in [-0.2, -0.15) is 5.10 Å². The van der Waals surface area contributed by atoms with E-state index in [-0.39, 0.29) is 11.5 Å². The van der Waals surface area contributed by atoms with Crippen LogP contribution in [0.2, 0.25) is 0 Å². The van der Waals surface area contributed by atoms with Gasteiger partial charge in [0.1, 0.15) is 5.75 Å². The average Bonchev–Trinajstić information content (AvgIpc) is 2.63. The molecule has 0 unspecified atom stereocenters. The van der Waals surface area contributed by atoms with Crippen LogP contribution >= 0.6 is 0 Å². The number of hydrogen-bond acceptors (Lipinski definition) is 6. The van der Waals surface area contributed by atoms with E-state index in [0.717, 1.165) is 0 Å². The molecule has 0 aromatic heterocycles. The summed E-state index contributed by atoms with van der Waals surface area (Å²) in [5, 5.41) is 15.6. The predicted octanol–water partition coefficient (Wildman–Crippen LogP) is 1.50. The van der Waals surface area contributed by atoms with E-state index < -0.39 is 11.8 Å². The fourth-order valence-corrected chi connectivity index (χ4v) is 1.88. The molecule has 0 atom stereocenters. The molecule has 25 heavy (non-hydrogen) atoms. The highest BCUT2D eigenvalue weighted by Crippen LogP contribution is 2.25. The van der Waals surface area contributed by atoms with Gasteiger partial charge in [-0.25, -0.2) is 5.43 Å². The Labute approximate surface area is 144 Å². The Morgan fingerprint density at radius 3 is 2.60 bits per heavy atom. The van der Waals surface area contributed by atoms with Gasteiger partial charge in [-0.05, 0) is 35.9 Å². The van der Waals surface area contributed by atoms with E-state index in [9.17, 15) is 14.7 Å². The van der Waals surface area contributed by atoms with Crippen molar-refractivity contribution in [1.29, 1.82) is 0 Å². The van der Waals surface area contributed by atoms with Crippen molar-refractivity contribution in [2.75, 3.05) is 19.5 Å². The minimum absolute atomic E-state index is 0.0126. The topological polar surface area (TPSA) is 109 Å². The van der Waals surface area contributed by atoms with Crippen molar-refractivity contribution in [1.82, 2.24) is 5.43 Å². The second-order valence-corrected chi connectivity index (χ2v) is 4.82. The molecule has 0 saturated heterocycles. The molecule has 8 heteroatoms. The molecule has 0 spiro atoms. The standard InChI is InChI=1S/C17H17N3O5/c1-24-13-5-3-4-12(9-13)19-16(22)17(23)20-18-10-11-6-7-14(21)15(8-11)25-2/h3-10,21H,1-2H3,(H,19,22)(H,20,23). The Morgan fingerprint density at radius 1 is 1.08 bits per heavy atom. The number of amides is 2. The van der Waals surface area contributed by atoms with E-state index in [1.165, 1.54) is 32.6 Å². The highest BCUT2D eigenvalue weighted by Gasteiger charge is 2.13. The van der Waals surface area contributed by atoms with E-state index in [4.69, 9.17) is 9.47 Å². The molecule has 8 nitrogen and oxygen atoms in total. The number of nitrogens with one attached hydrogen (secondary N) is 2. The molecule has 3 N–H and O–H groups in total. The van der Waals surface area contributed by atoms with Gasteiger partial charge in [-0.3, -0.25) is 9.59 Å². The number of aromatic hydroxyl groups is 1. The van der Waals surface area contributed by atoms with Crippen LogP contribution in [0, 0.1) is 0 Å². The minimum Gasteiger partial charge on any atom is -0.504 e. The van der Waals surface area contributed by atoms with Gasteiger partial charge >= 0.3 is 11.8 Å². The quantitative estimate of drug-likeness (QED) is 0.433. The van der Waals surface area contributed by atoms with Crippen LogP contribution in [0.25, 0.3) is 0 Å². The first kappa shape index (κ1) is 17.8. The number of carbonyl (C=O) groups is 2. The molecular formula is C17H17N3O5. The maximum absolute atomic E-state index is 11.8. The molecule has 2 aromatic rings. The molecule has 0 radical (unpaired) electrons. The molecule has 2 aromatic carbocycles. The number of hydrazone groups is 1. The van der Waals surface area contributed by atoms with Crippen LogP contribution < -0.4 is 20.2 Å². The van der Waals surface area contributed by atoms with E-state index in [1.54, 1.807) is 30.3 Å². The molecule has 2 amide bonds. The maximum atomic E-state index is 11.8. The molecule has 0 saturated carbocycles. The number of phenols is 1. The fraction of sp³-hybridized carbons (Fsp3) is 0.118. The molecule has 0 aliphatic carbocycles. The maximum Gasteiger partial charge on any atom is 0.329 e. The van der Waals surface area contributed by atoms with Crippen molar-refractivity contribution in [2.45, 2.75) is 0 Å². The smallest absolute Gasteiger partial charge is 0.329 e. The number of rotatable bonds is 5. The van der Waals surface area contributed by atoms with Crippen LogP contribution in [0.1, 0.15) is 5.56 Å². The van der Waals surface area contributed by atoms with Crippen LogP contribution in [0.4, 0.5) is 5.69 Å². The zero-order valence-corrected chi connectivity index (χ0v) is 13.6. The molecular weight excluding hydrogens is 326 g/mol. The number of phenolic OH excluding ortho intramolecular Hbond substituents is 1. The summed E-state index contributed by atoms with van der Waals surface area (Å²) in [4.78, 5) is 23.5. The van der Waals surface area contributed by atoms with Gasteiger partial charge in [0, 0.05) is 11.8 Å². The first-order valence-corrected chi connectivity index (χ1v) is 7.19. The van der Waals surface area contributed by atoms with Crippen LogP contribution in [0.5, 0.6) is 17.2 Å². The van der Waals surface area contributed by atoms with Gasteiger partial charge in [0.05, 0.1) is 20.4 Å².